The van der Waals surface area contributed by atoms with Crippen molar-refractivity contribution in [3.63, 3.8) is 0 Å². The van der Waals surface area contributed by atoms with E-state index in [9.17, 15) is 4.79 Å². The van der Waals surface area contributed by atoms with Gasteiger partial charge in [-0.3, -0.25) is 9.69 Å². The second kappa shape index (κ2) is 10.2. The van der Waals surface area contributed by atoms with E-state index < -0.39 is 0 Å². The number of amides is 1. The molecule has 1 fully saturated rings. The van der Waals surface area contributed by atoms with Crippen LogP contribution in [0.25, 0.3) is 0 Å². The van der Waals surface area contributed by atoms with Gasteiger partial charge in [-0.15, -0.1) is 0 Å². The van der Waals surface area contributed by atoms with Gasteiger partial charge in [-0.25, -0.2) is 5.43 Å². The average molecular weight is 402 g/mol. The van der Waals surface area contributed by atoms with Crippen LogP contribution in [0, 0.1) is 0 Å². The van der Waals surface area contributed by atoms with Crippen LogP contribution in [0.4, 0.5) is 0 Å². The fraction of sp³-hybridized carbons (Fsp3) is 0.333. The molecule has 0 bridgehead atoms. The highest BCUT2D eigenvalue weighted by molar-refractivity contribution is 6.30. The van der Waals surface area contributed by atoms with Crippen LogP contribution in [0.15, 0.2) is 59.7 Å². The molecular weight excluding hydrogens is 378 g/mol. The first kappa shape index (κ1) is 20.3. The van der Waals surface area contributed by atoms with E-state index >= 15 is 0 Å². The number of hydrogen-bond donors (Lipinski definition) is 1. The maximum Gasteiger partial charge on any atom is 0.277 e. The molecule has 1 amide bonds. The van der Waals surface area contributed by atoms with Gasteiger partial charge < -0.3 is 9.47 Å². The highest BCUT2D eigenvalue weighted by Crippen LogP contribution is 2.23. The molecule has 1 heterocycles. The molecular formula is C21H24ClN3O3. The van der Waals surface area contributed by atoms with E-state index in [1.807, 2.05) is 25.1 Å². The Balaban J connectivity index is 1.62. The van der Waals surface area contributed by atoms with Crippen LogP contribution in [0.1, 0.15) is 18.5 Å². The first-order chi connectivity index (χ1) is 13.6. The van der Waals surface area contributed by atoms with Crippen LogP contribution in [0.5, 0.6) is 5.75 Å². The Hall–Kier alpha value is -2.41. The SMILES string of the molecule is C/C(=N/NC(=O)COc1ccc(Cl)cc1)[C@@H](c1ccccc1)N1CCOCC1. The fourth-order valence-electron chi connectivity index (χ4n) is 3.11. The first-order valence-corrected chi connectivity index (χ1v) is 9.59. The Labute approximate surface area is 170 Å². The van der Waals surface area contributed by atoms with Gasteiger partial charge in [-0.1, -0.05) is 41.9 Å². The number of morpholine rings is 1. The van der Waals surface area contributed by atoms with Crippen LogP contribution in [0.2, 0.25) is 5.02 Å². The lowest BCUT2D eigenvalue weighted by molar-refractivity contribution is -0.123. The topological polar surface area (TPSA) is 63.2 Å². The van der Waals surface area contributed by atoms with Crippen molar-refractivity contribution in [1.82, 2.24) is 10.3 Å². The van der Waals surface area contributed by atoms with E-state index in [0.717, 1.165) is 24.4 Å². The molecule has 2 aromatic carbocycles. The lowest BCUT2D eigenvalue weighted by atomic mass is 10.0. The van der Waals surface area contributed by atoms with Crippen LogP contribution < -0.4 is 10.2 Å². The molecule has 0 unspecified atom stereocenters. The van der Waals surface area contributed by atoms with Crippen molar-refractivity contribution in [3.8, 4) is 5.75 Å². The van der Waals surface area contributed by atoms with Gasteiger partial charge in [0.1, 0.15) is 5.75 Å². The number of benzene rings is 2. The van der Waals surface area contributed by atoms with Gasteiger partial charge in [0.2, 0.25) is 0 Å². The summed E-state index contributed by atoms with van der Waals surface area (Å²) in [6.45, 7) is 4.83. The summed E-state index contributed by atoms with van der Waals surface area (Å²) < 4.78 is 10.9. The molecule has 0 radical (unpaired) electrons. The van der Waals surface area contributed by atoms with Crippen molar-refractivity contribution in [3.05, 3.63) is 65.2 Å². The summed E-state index contributed by atoms with van der Waals surface area (Å²) in [6.07, 6.45) is 0. The first-order valence-electron chi connectivity index (χ1n) is 9.21. The van der Waals surface area contributed by atoms with Gasteiger partial charge in [0.15, 0.2) is 6.61 Å². The number of ether oxygens (including phenoxy) is 2. The van der Waals surface area contributed by atoms with Gasteiger partial charge in [-0.05, 0) is 36.8 Å². The third kappa shape index (κ3) is 5.79. The molecule has 3 rings (SSSR count). The smallest absolute Gasteiger partial charge is 0.277 e. The summed E-state index contributed by atoms with van der Waals surface area (Å²) >= 11 is 5.84. The predicted molar refractivity (Wildman–Crippen MR) is 110 cm³/mol. The summed E-state index contributed by atoms with van der Waals surface area (Å²) in [5.74, 6) is 0.263. The minimum atomic E-state index is -0.317. The zero-order valence-corrected chi connectivity index (χ0v) is 16.6. The number of carbonyl (C=O) groups is 1. The van der Waals surface area contributed by atoms with Crippen LogP contribution in [-0.2, 0) is 9.53 Å². The Bertz CT molecular complexity index is 790. The molecule has 1 atom stereocenters. The number of rotatable bonds is 7. The molecule has 28 heavy (non-hydrogen) atoms. The van der Waals surface area contributed by atoms with Crippen molar-refractivity contribution < 1.29 is 14.3 Å². The van der Waals surface area contributed by atoms with E-state index in [1.54, 1.807) is 24.3 Å². The number of hydrazone groups is 1. The van der Waals surface area contributed by atoms with E-state index in [4.69, 9.17) is 21.1 Å². The molecule has 0 saturated carbocycles. The number of halogens is 1. The molecule has 148 valence electrons. The summed E-state index contributed by atoms with van der Waals surface area (Å²) in [4.78, 5) is 14.4. The van der Waals surface area contributed by atoms with E-state index in [-0.39, 0.29) is 18.6 Å². The monoisotopic (exact) mass is 401 g/mol. The zero-order valence-electron chi connectivity index (χ0n) is 15.8. The lowest BCUT2D eigenvalue weighted by Crippen LogP contribution is -2.42. The van der Waals surface area contributed by atoms with Gasteiger partial charge in [0.05, 0.1) is 25.0 Å². The summed E-state index contributed by atoms with van der Waals surface area (Å²) in [7, 11) is 0. The van der Waals surface area contributed by atoms with Crippen molar-refractivity contribution in [2.75, 3.05) is 32.9 Å². The molecule has 0 aromatic heterocycles. The third-order valence-electron chi connectivity index (χ3n) is 4.46. The molecule has 0 spiro atoms. The Morgan fingerprint density at radius 3 is 2.54 bits per heavy atom. The summed E-state index contributed by atoms with van der Waals surface area (Å²) in [6, 6.07) is 17.0. The van der Waals surface area contributed by atoms with Gasteiger partial charge in [0.25, 0.3) is 5.91 Å². The number of nitrogens with one attached hydrogen (secondary N) is 1. The second-order valence-electron chi connectivity index (χ2n) is 6.49. The van der Waals surface area contributed by atoms with Crippen molar-refractivity contribution in [2.45, 2.75) is 13.0 Å². The Kier molecular flexibility index (Phi) is 7.42. The summed E-state index contributed by atoms with van der Waals surface area (Å²) in [5, 5.41) is 4.95. The van der Waals surface area contributed by atoms with Crippen LogP contribution in [-0.4, -0.2) is 49.4 Å². The second-order valence-corrected chi connectivity index (χ2v) is 6.93. The Morgan fingerprint density at radius 1 is 1.18 bits per heavy atom. The number of hydrogen-bond acceptors (Lipinski definition) is 5. The number of nitrogens with zero attached hydrogens (tertiary/aromatic N) is 2. The quantitative estimate of drug-likeness (QED) is 0.571. The van der Waals surface area contributed by atoms with Gasteiger partial charge in [-0.2, -0.15) is 5.10 Å². The molecule has 1 aliphatic rings. The molecule has 0 aliphatic carbocycles. The van der Waals surface area contributed by atoms with Crippen molar-refractivity contribution >= 4 is 23.2 Å². The highest BCUT2D eigenvalue weighted by atomic mass is 35.5. The van der Waals surface area contributed by atoms with E-state index in [2.05, 4.69) is 27.6 Å². The highest BCUT2D eigenvalue weighted by Gasteiger charge is 2.25. The predicted octanol–water partition coefficient (Wildman–Crippen LogP) is 3.28. The summed E-state index contributed by atoms with van der Waals surface area (Å²) in [5.41, 5.74) is 4.54. The molecule has 7 heteroatoms. The third-order valence-corrected chi connectivity index (χ3v) is 4.71. The van der Waals surface area contributed by atoms with Crippen LogP contribution >= 0.6 is 11.6 Å². The van der Waals surface area contributed by atoms with Crippen LogP contribution in [0.3, 0.4) is 0 Å². The fourth-order valence-corrected chi connectivity index (χ4v) is 3.24. The lowest BCUT2D eigenvalue weighted by Gasteiger charge is -2.34. The van der Waals surface area contributed by atoms with E-state index in [1.165, 1.54) is 0 Å². The zero-order chi connectivity index (χ0) is 19.8. The standard InChI is InChI=1S/C21H24ClN3O3/c1-16(23-24-20(26)15-28-19-9-7-18(22)8-10-19)21(17-5-3-2-4-6-17)25-11-13-27-14-12-25/h2-10,21H,11-15H2,1H3,(H,24,26)/b23-16-/t21-/m0/s1. The average Bonchev–Trinajstić information content (AvgIpc) is 2.73. The molecule has 1 N–H and O–H groups in total. The largest absolute Gasteiger partial charge is 0.484 e. The minimum Gasteiger partial charge on any atom is -0.484 e. The minimum absolute atomic E-state index is 0.0115. The molecule has 1 aliphatic heterocycles. The maximum absolute atomic E-state index is 12.1. The van der Waals surface area contributed by atoms with Crippen molar-refractivity contribution in [1.29, 1.82) is 0 Å². The normalized spacial score (nSPS) is 16.4. The van der Waals surface area contributed by atoms with E-state index in [0.29, 0.717) is 24.0 Å². The molecule has 6 nitrogen and oxygen atoms in total. The molecule has 1 saturated heterocycles. The van der Waals surface area contributed by atoms with Gasteiger partial charge >= 0.3 is 0 Å². The molecule has 2 aromatic rings. The maximum atomic E-state index is 12.1. The van der Waals surface area contributed by atoms with Crippen molar-refractivity contribution in [2.24, 2.45) is 5.10 Å². The van der Waals surface area contributed by atoms with Gasteiger partial charge in [0, 0.05) is 18.1 Å². The number of carbonyl (C=O) groups excluding carboxylic acids is 1. The Morgan fingerprint density at radius 2 is 1.86 bits per heavy atom.